The highest BCUT2D eigenvalue weighted by Gasteiger charge is 2.29. The highest BCUT2D eigenvalue weighted by molar-refractivity contribution is 8.00. The summed E-state index contributed by atoms with van der Waals surface area (Å²) in [5.74, 6) is -0.0172. The molecule has 35 heavy (non-hydrogen) atoms. The fraction of sp³-hybridized carbons (Fsp3) is 0.107. The van der Waals surface area contributed by atoms with E-state index in [-0.39, 0.29) is 12.4 Å². The molecule has 0 saturated carbocycles. The predicted octanol–water partition coefficient (Wildman–Crippen LogP) is 6.73. The molecule has 0 radical (unpaired) electrons. The normalized spacial score (nSPS) is 11.0. The van der Waals surface area contributed by atoms with Gasteiger partial charge < -0.3 is 9.14 Å². The molecule has 2 aromatic carbocycles. The Balaban J connectivity index is 1.73. The van der Waals surface area contributed by atoms with E-state index in [9.17, 15) is 14.9 Å². The number of carbonyl (C=O) groups excluding carboxylic acids is 2. The monoisotopic (exact) mass is 496 g/mol. The third-order valence-corrected chi connectivity index (χ3v) is 8.16. The number of ketones is 1. The number of esters is 1. The van der Waals surface area contributed by atoms with Gasteiger partial charge in [0.05, 0.1) is 43.9 Å². The van der Waals surface area contributed by atoms with Gasteiger partial charge in [-0.15, -0.1) is 23.1 Å². The van der Waals surface area contributed by atoms with Crippen LogP contribution in [0.3, 0.4) is 0 Å². The van der Waals surface area contributed by atoms with Crippen molar-refractivity contribution in [1.82, 2.24) is 4.40 Å². The van der Waals surface area contributed by atoms with E-state index in [1.165, 1.54) is 11.3 Å². The van der Waals surface area contributed by atoms with Crippen molar-refractivity contribution in [2.75, 3.05) is 6.61 Å². The molecule has 5 nitrogen and oxygen atoms in total. The summed E-state index contributed by atoms with van der Waals surface area (Å²) in [7, 11) is 0. The Kier molecular flexibility index (Phi) is 6.41. The Labute approximate surface area is 210 Å². The van der Waals surface area contributed by atoms with Crippen molar-refractivity contribution in [1.29, 1.82) is 5.26 Å². The molecule has 0 aliphatic heterocycles. The van der Waals surface area contributed by atoms with E-state index < -0.39 is 5.97 Å². The maximum absolute atomic E-state index is 13.7. The van der Waals surface area contributed by atoms with Crippen molar-refractivity contribution >= 4 is 51.3 Å². The Morgan fingerprint density at radius 2 is 1.77 bits per heavy atom. The van der Waals surface area contributed by atoms with Crippen molar-refractivity contribution in [3.8, 4) is 6.07 Å². The SMILES string of the molecule is CCOC(=O)c1c2c(C(=O)c3ccccc3)sc(SCc3ccccc3C#N)c2n2ccccc12. The summed E-state index contributed by atoms with van der Waals surface area (Å²) >= 11 is 2.94. The second-order valence-corrected chi connectivity index (χ2v) is 10.0. The zero-order chi connectivity index (χ0) is 24.4. The Hall–Kier alpha value is -3.86. The predicted molar refractivity (Wildman–Crippen MR) is 139 cm³/mol. The van der Waals surface area contributed by atoms with Crippen LogP contribution >= 0.6 is 23.1 Å². The van der Waals surface area contributed by atoms with Crippen LogP contribution in [-0.4, -0.2) is 22.8 Å². The molecule has 0 saturated heterocycles. The first kappa shape index (κ1) is 22.9. The lowest BCUT2D eigenvalue weighted by Crippen LogP contribution is -2.06. The number of hydrogen-bond acceptors (Lipinski definition) is 6. The Morgan fingerprint density at radius 3 is 2.54 bits per heavy atom. The van der Waals surface area contributed by atoms with Crippen LogP contribution in [0.5, 0.6) is 0 Å². The number of aromatic nitrogens is 1. The molecule has 172 valence electrons. The van der Waals surface area contributed by atoms with Gasteiger partial charge in [-0.2, -0.15) is 5.26 Å². The first-order chi connectivity index (χ1) is 17.1. The van der Waals surface area contributed by atoms with Crippen LogP contribution in [0, 0.1) is 11.3 Å². The molecular weight excluding hydrogens is 476 g/mol. The zero-order valence-electron chi connectivity index (χ0n) is 18.9. The number of benzene rings is 2. The van der Waals surface area contributed by atoms with E-state index >= 15 is 0 Å². The molecule has 0 aliphatic carbocycles. The first-order valence-corrected chi connectivity index (χ1v) is 12.9. The molecule has 0 aliphatic rings. The van der Waals surface area contributed by atoms with Crippen molar-refractivity contribution in [2.24, 2.45) is 0 Å². The van der Waals surface area contributed by atoms with E-state index in [2.05, 4.69) is 6.07 Å². The largest absolute Gasteiger partial charge is 0.462 e. The molecule has 5 aromatic rings. The number of thioether (sulfide) groups is 1. The van der Waals surface area contributed by atoms with Gasteiger partial charge >= 0.3 is 5.97 Å². The van der Waals surface area contributed by atoms with Gasteiger partial charge in [0.25, 0.3) is 0 Å². The lowest BCUT2D eigenvalue weighted by Gasteiger charge is -2.05. The van der Waals surface area contributed by atoms with Crippen LogP contribution in [0.2, 0.25) is 0 Å². The van der Waals surface area contributed by atoms with Gasteiger partial charge in [0.1, 0.15) is 0 Å². The quantitative estimate of drug-likeness (QED) is 0.142. The van der Waals surface area contributed by atoms with Crippen LogP contribution in [-0.2, 0) is 10.5 Å². The topological polar surface area (TPSA) is 71.6 Å². The fourth-order valence-corrected chi connectivity index (χ4v) is 6.64. The molecule has 3 heterocycles. The number of nitriles is 1. The van der Waals surface area contributed by atoms with Crippen LogP contribution in [0.4, 0.5) is 0 Å². The summed E-state index contributed by atoms with van der Waals surface area (Å²) in [5.41, 5.74) is 4.02. The minimum absolute atomic E-state index is 0.133. The summed E-state index contributed by atoms with van der Waals surface area (Å²) in [4.78, 5) is 27.3. The summed E-state index contributed by atoms with van der Waals surface area (Å²) < 4.78 is 8.27. The molecule has 5 rings (SSSR count). The number of nitrogens with zero attached hydrogens (tertiary/aromatic N) is 2. The molecular formula is C28H20N2O3S2. The summed E-state index contributed by atoms with van der Waals surface area (Å²) in [6.07, 6.45) is 1.90. The summed E-state index contributed by atoms with van der Waals surface area (Å²) in [6.45, 7) is 2.01. The number of thiophene rings is 1. The molecule has 0 atom stereocenters. The molecule has 0 fully saturated rings. The Bertz CT molecular complexity index is 1610. The van der Waals surface area contributed by atoms with Gasteiger partial charge in [-0.3, -0.25) is 4.79 Å². The zero-order valence-corrected chi connectivity index (χ0v) is 20.5. The number of rotatable bonds is 7. The van der Waals surface area contributed by atoms with E-state index in [4.69, 9.17) is 4.74 Å². The van der Waals surface area contributed by atoms with Gasteiger partial charge in [0, 0.05) is 22.9 Å². The van der Waals surface area contributed by atoms with Crippen molar-refractivity contribution < 1.29 is 14.3 Å². The van der Waals surface area contributed by atoms with Gasteiger partial charge in [-0.1, -0.05) is 54.6 Å². The van der Waals surface area contributed by atoms with Crippen LogP contribution < -0.4 is 0 Å². The average molecular weight is 497 g/mol. The number of carbonyl (C=O) groups is 2. The van der Waals surface area contributed by atoms with Crippen LogP contribution in [0.15, 0.2) is 83.2 Å². The Morgan fingerprint density at radius 1 is 1.03 bits per heavy atom. The number of fused-ring (bicyclic) bond motifs is 3. The maximum Gasteiger partial charge on any atom is 0.341 e. The lowest BCUT2D eigenvalue weighted by atomic mass is 10.1. The third-order valence-electron chi connectivity index (χ3n) is 5.68. The van der Waals surface area contributed by atoms with Gasteiger partial charge in [-0.05, 0) is 30.7 Å². The smallest absolute Gasteiger partial charge is 0.341 e. The minimum atomic E-state index is -0.447. The van der Waals surface area contributed by atoms with Crippen molar-refractivity contribution in [3.05, 3.63) is 106 Å². The summed E-state index contributed by atoms with van der Waals surface area (Å²) in [6, 6.07) is 24.5. The third kappa shape index (κ3) is 4.12. The molecule has 0 bridgehead atoms. The molecule has 0 N–H and O–H groups in total. The van der Waals surface area contributed by atoms with E-state index in [1.54, 1.807) is 36.9 Å². The maximum atomic E-state index is 13.7. The first-order valence-electron chi connectivity index (χ1n) is 11.1. The van der Waals surface area contributed by atoms with Gasteiger partial charge in [-0.25, -0.2) is 4.79 Å². The second-order valence-electron chi connectivity index (χ2n) is 7.75. The molecule has 3 aromatic heterocycles. The molecule has 7 heteroatoms. The molecule has 0 spiro atoms. The molecule has 0 unspecified atom stereocenters. The highest BCUT2D eigenvalue weighted by Crippen LogP contribution is 2.44. The standard InChI is InChI=1S/C28H20N2O3S2/c1-2-33-27(32)22-21-14-8-9-15-30(21)24-23(22)26(25(31)18-10-4-3-5-11-18)35-28(24)34-17-20-13-7-6-12-19(20)16-29/h3-15H,2,17H2,1H3. The summed E-state index contributed by atoms with van der Waals surface area (Å²) in [5, 5.41) is 10.1. The van der Waals surface area contributed by atoms with E-state index in [0.29, 0.717) is 38.2 Å². The lowest BCUT2D eigenvalue weighted by molar-refractivity contribution is 0.0531. The van der Waals surface area contributed by atoms with Crippen molar-refractivity contribution in [3.63, 3.8) is 0 Å². The highest BCUT2D eigenvalue weighted by atomic mass is 32.2. The van der Waals surface area contributed by atoms with Crippen LogP contribution in [0.25, 0.3) is 16.4 Å². The fourth-order valence-electron chi connectivity index (χ4n) is 4.11. The molecule has 0 amide bonds. The van der Waals surface area contributed by atoms with E-state index in [0.717, 1.165) is 15.3 Å². The van der Waals surface area contributed by atoms with Gasteiger partial charge in [0.2, 0.25) is 5.78 Å². The average Bonchev–Trinajstić information content (AvgIpc) is 3.43. The second kappa shape index (κ2) is 9.79. The number of pyridine rings is 1. The number of ether oxygens (including phenoxy) is 1. The van der Waals surface area contributed by atoms with E-state index in [1.807, 2.05) is 65.2 Å². The van der Waals surface area contributed by atoms with Crippen LogP contribution in [0.1, 0.15) is 43.6 Å². The minimum Gasteiger partial charge on any atom is -0.462 e. The van der Waals surface area contributed by atoms with Gasteiger partial charge in [0.15, 0.2) is 0 Å². The number of hydrogen-bond donors (Lipinski definition) is 0. The van der Waals surface area contributed by atoms with Crippen molar-refractivity contribution in [2.45, 2.75) is 16.9 Å².